The number of halogens is 2. The summed E-state index contributed by atoms with van der Waals surface area (Å²) in [7, 11) is 1.69. The first-order valence-corrected chi connectivity index (χ1v) is 8.57. The summed E-state index contributed by atoms with van der Waals surface area (Å²) in [6.07, 6.45) is 0. The van der Waals surface area contributed by atoms with Crippen molar-refractivity contribution in [1.29, 1.82) is 0 Å². The normalized spacial score (nSPS) is 11.1. The second-order valence-corrected chi connectivity index (χ2v) is 6.12. The maximum atomic E-state index is 12.0. The van der Waals surface area contributed by atoms with E-state index in [4.69, 9.17) is 23.2 Å². The quantitative estimate of drug-likeness (QED) is 0.411. The van der Waals surface area contributed by atoms with Crippen molar-refractivity contribution < 1.29 is 4.79 Å². The van der Waals surface area contributed by atoms with Gasteiger partial charge in [-0.15, -0.1) is 0 Å². The molecule has 0 aliphatic carbocycles. The average Bonchev–Trinajstić information content (AvgIpc) is 2.61. The van der Waals surface area contributed by atoms with Crippen LogP contribution in [0.5, 0.6) is 0 Å². The lowest BCUT2D eigenvalue weighted by Crippen LogP contribution is -2.41. The van der Waals surface area contributed by atoms with E-state index in [0.717, 1.165) is 5.56 Å². The molecule has 0 fully saturated rings. The Bertz CT molecular complexity index is 732. The van der Waals surface area contributed by atoms with E-state index in [1.54, 1.807) is 31.3 Å². The fourth-order valence-electron chi connectivity index (χ4n) is 2.11. The molecule has 132 valence electrons. The maximum Gasteiger partial charge on any atom is 0.251 e. The lowest BCUT2D eigenvalue weighted by molar-refractivity contribution is 0.0954. The molecule has 0 saturated heterocycles. The number of hydrogen-bond acceptors (Lipinski definition) is 2. The van der Waals surface area contributed by atoms with Gasteiger partial charge < -0.3 is 16.0 Å². The van der Waals surface area contributed by atoms with Crippen LogP contribution in [0.25, 0.3) is 0 Å². The molecule has 0 atom stereocenters. The molecule has 25 heavy (non-hydrogen) atoms. The number of amides is 1. The fourth-order valence-corrected chi connectivity index (χ4v) is 2.45. The molecule has 0 aliphatic heterocycles. The summed E-state index contributed by atoms with van der Waals surface area (Å²) < 4.78 is 0. The van der Waals surface area contributed by atoms with Gasteiger partial charge in [0.25, 0.3) is 5.91 Å². The van der Waals surface area contributed by atoms with Crippen LogP contribution >= 0.6 is 23.2 Å². The number of carbonyl (C=O) groups excluding carboxylic acids is 1. The summed E-state index contributed by atoms with van der Waals surface area (Å²) in [4.78, 5) is 16.1. The van der Waals surface area contributed by atoms with Crippen molar-refractivity contribution in [3.63, 3.8) is 0 Å². The fraction of sp³-hybridized carbons (Fsp3) is 0.222. The van der Waals surface area contributed by atoms with Crippen LogP contribution in [0.2, 0.25) is 10.0 Å². The Morgan fingerprint density at radius 3 is 2.36 bits per heavy atom. The SMILES string of the molecule is CN=C(NCCNC(=O)c1ccc(Cl)cc1)NCc1cccc(Cl)c1. The molecule has 2 aromatic carbocycles. The Balaban J connectivity index is 1.70. The number of nitrogens with zero attached hydrogens (tertiary/aromatic N) is 1. The topological polar surface area (TPSA) is 65.5 Å². The molecule has 0 spiro atoms. The lowest BCUT2D eigenvalue weighted by Gasteiger charge is -2.12. The summed E-state index contributed by atoms with van der Waals surface area (Å²) in [5, 5.41) is 10.5. The first-order chi connectivity index (χ1) is 12.1. The molecule has 0 unspecified atom stereocenters. The third-order valence-corrected chi connectivity index (χ3v) is 3.87. The van der Waals surface area contributed by atoms with Gasteiger partial charge in [0.15, 0.2) is 5.96 Å². The molecular weight excluding hydrogens is 359 g/mol. The summed E-state index contributed by atoms with van der Waals surface area (Å²) in [6.45, 7) is 1.63. The zero-order valence-electron chi connectivity index (χ0n) is 13.9. The van der Waals surface area contributed by atoms with Crippen molar-refractivity contribution in [3.8, 4) is 0 Å². The number of benzene rings is 2. The van der Waals surface area contributed by atoms with Gasteiger partial charge >= 0.3 is 0 Å². The van der Waals surface area contributed by atoms with Gasteiger partial charge in [-0.25, -0.2) is 0 Å². The van der Waals surface area contributed by atoms with E-state index < -0.39 is 0 Å². The predicted molar refractivity (Wildman–Crippen MR) is 103 cm³/mol. The molecule has 0 saturated carbocycles. The first kappa shape index (κ1) is 19.1. The summed E-state index contributed by atoms with van der Waals surface area (Å²) in [6, 6.07) is 14.4. The van der Waals surface area contributed by atoms with Crippen LogP contribution in [-0.4, -0.2) is 32.0 Å². The third kappa shape index (κ3) is 6.64. The standard InChI is InChI=1S/C18H20Cl2N4O/c1-21-18(24-12-13-3-2-4-16(20)11-13)23-10-9-22-17(25)14-5-7-15(19)8-6-14/h2-8,11H,9-10,12H2,1H3,(H,22,25)(H2,21,23,24). The van der Waals surface area contributed by atoms with E-state index in [1.807, 2.05) is 24.3 Å². The van der Waals surface area contributed by atoms with Crippen molar-refractivity contribution in [2.24, 2.45) is 4.99 Å². The molecule has 2 aromatic rings. The number of hydrogen-bond donors (Lipinski definition) is 3. The van der Waals surface area contributed by atoms with E-state index in [9.17, 15) is 4.79 Å². The van der Waals surface area contributed by atoms with Crippen LogP contribution in [0.3, 0.4) is 0 Å². The Morgan fingerprint density at radius 1 is 0.960 bits per heavy atom. The minimum atomic E-state index is -0.139. The molecule has 0 aliphatic rings. The van der Waals surface area contributed by atoms with Crippen molar-refractivity contribution in [1.82, 2.24) is 16.0 Å². The van der Waals surface area contributed by atoms with Gasteiger partial charge in [0.05, 0.1) is 0 Å². The minimum absolute atomic E-state index is 0.139. The number of carbonyl (C=O) groups is 1. The smallest absolute Gasteiger partial charge is 0.251 e. The van der Waals surface area contributed by atoms with Crippen LogP contribution in [-0.2, 0) is 6.54 Å². The average molecular weight is 379 g/mol. The minimum Gasteiger partial charge on any atom is -0.355 e. The van der Waals surface area contributed by atoms with Gasteiger partial charge in [0.1, 0.15) is 0 Å². The Morgan fingerprint density at radius 2 is 1.68 bits per heavy atom. The molecule has 0 heterocycles. The van der Waals surface area contributed by atoms with Gasteiger partial charge in [0.2, 0.25) is 0 Å². The zero-order valence-corrected chi connectivity index (χ0v) is 15.4. The highest BCUT2D eigenvalue weighted by molar-refractivity contribution is 6.30. The Kier molecular flexibility index (Phi) is 7.57. The highest BCUT2D eigenvalue weighted by Gasteiger charge is 2.04. The second-order valence-electron chi connectivity index (χ2n) is 5.25. The van der Waals surface area contributed by atoms with Gasteiger partial charge in [-0.2, -0.15) is 0 Å². The van der Waals surface area contributed by atoms with E-state index in [2.05, 4.69) is 20.9 Å². The van der Waals surface area contributed by atoms with E-state index >= 15 is 0 Å². The monoisotopic (exact) mass is 378 g/mol. The number of rotatable bonds is 6. The van der Waals surface area contributed by atoms with Crippen molar-refractivity contribution in [3.05, 3.63) is 69.7 Å². The van der Waals surface area contributed by atoms with E-state index in [-0.39, 0.29) is 5.91 Å². The third-order valence-electron chi connectivity index (χ3n) is 3.38. The molecule has 0 radical (unpaired) electrons. The van der Waals surface area contributed by atoms with Crippen molar-refractivity contribution in [2.45, 2.75) is 6.54 Å². The molecule has 0 bridgehead atoms. The molecule has 1 amide bonds. The van der Waals surface area contributed by atoms with E-state index in [1.165, 1.54) is 0 Å². The highest BCUT2D eigenvalue weighted by Crippen LogP contribution is 2.10. The highest BCUT2D eigenvalue weighted by atomic mass is 35.5. The Hall–Kier alpha value is -2.24. The largest absolute Gasteiger partial charge is 0.355 e. The van der Waals surface area contributed by atoms with Gasteiger partial charge in [-0.05, 0) is 42.0 Å². The summed E-state index contributed by atoms with van der Waals surface area (Å²) in [5.41, 5.74) is 1.64. The van der Waals surface area contributed by atoms with Crippen LogP contribution in [0.1, 0.15) is 15.9 Å². The van der Waals surface area contributed by atoms with Crippen molar-refractivity contribution in [2.75, 3.05) is 20.1 Å². The number of guanidine groups is 1. The van der Waals surface area contributed by atoms with Gasteiger partial charge in [-0.1, -0.05) is 35.3 Å². The Labute approximate surface area is 157 Å². The molecule has 0 aromatic heterocycles. The number of nitrogens with one attached hydrogen (secondary N) is 3. The molecule has 3 N–H and O–H groups in total. The van der Waals surface area contributed by atoms with Crippen LogP contribution < -0.4 is 16.0 Å². The first-order valence-electron chi connectivity index (χ1n) is 7.81. The zero-order chi connectivity index (χ0) is 18.1. The van der Waals surface area contributed by atoms with Gasteiger partial charge in [-0.3, -0.25) is 9.79 Å². The van der Waals surface area contributed by atoms with Crippen LogP contribution in [0, 0.1) is 0 Å². The number of aliphatic imine (C=N–C) groups is 1. The van der Waals surface area contributed by atoms with Gasteiger partial charge in [0, 0.05) is 42.3 Å². The van der Waals surface area contributed by atoms with Crippen LogP contribution in [0.15, 0.2) is 53.5 Å². The molecule has 7 heteroatoms. The lowest BCUT2D eigenvalue weighted by atomic mass is 10.2. The molecule has 5 nitrogen and oxygen atoms in total. The van der Waals surface area contributed by atoms with Crippen LogP contribution in [0.4, 0.5) is 0 Å². The summed E-state index contributed by atoms with van der Waals surface area (Å²) >= 11 is 11.8. The van der Waals surface area contributed by atoms with Crippen molar-refractivity contribution >= 4 is 35.1 Å². The maximum absolute atomic E-state index is 12.0. The summed E-state index contributed by atoms with van der Waals surface area (Å²) in [5.74, 6) is 0.515. The predicted octanol–water partition coefficient (Wildman–Crippen LogP) is 3.09. The second kappa shape index (κ2) is 9.91. The molecule has 2 rings (SSSR count). The molecular formula is C18H20Cl2N4O. The van der Waals surface area contributed by atoms with E-state index in [0.29, 0.717) is 41.2 Å².